The number of halogens is 1. The maximum atomic E-state index is 12.9. The molecule has 1 unspecified atom stereocenters. The van der Waals surface area contributed by atoms with Gasteiger partial charge in [0.05, 0.1) is 56.4 Å². The molecule has 5 atom stereocenters. The lowest BCUT2D eigenvalue weighted by atomic mass is 10.1. The van der Waals surface area contributed by atoms with Crippen LogP contribution in [0, 0.1) is 0 Å². The topological polar surface area (TPSA) is 133 Å². The second kappa shape index (κ2) is 9.83. The Kier molecular flexibility index (Phi) is 6.48. The Hall–Kier alpha value is -3.22. The molecule has 1 amide bonds. The third-order valence-corrected chi connectivity index (χ3v) is 8.52. The van der Waals surface area contributed by atoms with Gasteiger partial charge in [0.1, 0.15) is 18.3 Å². The van der Waals surface area contributed by atoms with E-state index in [0.717, 1.165) is 0 Å². The molecule has 2 fully saturated rings. The molecule has 0 spiro atoms. The molecule has 6 rings (SSSR count). The van der Waals surface area contributed by atoms with E-state index in [4.69, 9.17) is 30.8 Å². The highest BCUT2D eigenvalue weighted by Crippen LogP contribution is 2.36. The number of hydrogen-bond donors (Lipinski definition) is 1. The van der Waals surface area contributed by atoms with Crippen LogP contribution in [0.15, 0.2) is 69.1 Å². The Morgan fingerprint density at radius 3 is 2.74 bits per heavy atom. The van der Waals surface area contributed by atoms with Crippen LogP contribution in [0.4, 0.5) is 5.69 Å². The van der Waals surface area contributed by atoms with Gasteiger partial charge in [0.25, 0.3) is 5.91 Å². The molecule has 5 heterocycles. The molecule has 0 bridgehead atoms. The second-order valence-corrected chi connectivity index (χ2v) is 11.9. The molecule has 3 aliphatic rings. The first-order valence-corrected chi connectivity index (χ1v) is 14.2. The summed E-state index contributed by atoms with van der Waals surface area (Å²) in [5.74, 6) is -0.104. The summed E-state index contributed by atoms with van der Waals surface area (Å²) in [6.07, 6.45) is 3.07. The fourth-order valence-electron chi connectivity index (χ4n) is 4.66. The zero-order valence-electron chi connectivity index (χ0n) is 20.2. The number of carbonyl (C=O) groups excluding carboxylic acids is 1. The summed E-state index contributed by atoms with van der Waals surface area (Å²) in [5.41, 5.74) is 2.86. The van der Waals surface area contributed by atoms with Crippen LogP contribution in [-0.4, -0.2) is 75.0 Å². The van der Waals surface area contributed by atoms with E-state index in [1.807, 2.05) is 0 Å². The Morgan fingerprint density at radius 1 is 1.18 bits per heavy atom. The van der Waals surface area contributed by atoms with E-state index in [1.165, 1.54) is 12.5 Å². The molecule has 2 aromatic heterocycles. The van der Waals surface area contributed by atoms with Gasteiger partial charge in [-0.2, -0.15) is 4.36 Å². The van der Waals surface area contributed by atoms with Gasteiger partial charge >= 0.3 is 0 Å². The van der Waals surface area contributed by atoms with Gasteiger partial charge in [-0.25, -0.2) is 14.2 Å². The summed E-state index contributed by atoms with van der Waals surface area (Å²) in [5, 5.41) is 10.3. The highest BCUT2D eigenvalue weighted by atomic mass is 35.5. The van der Waals surface area contributed by atoms with E-state index in [2.05, 4.69) is 14.3 Å². The maximum Gasteiger partial charge on any atom is 0.285 e. The number of aliphatic hydroxyl groups excluding tert-OH is 1. The first-order chi connectivity index (χ1) is 18.3. The standard InChI is InChI=1S/C26H23ClN4O6S/c1-38(34,16-3-2-8-28-11-16)31-26(33)15-6-4-14(5-7-15)23-17(27)9-18-19(30-23)10-22(29-18)37-21-13-36-24-20(32)12-35-25(21)24/h2-9,11,20-21,24-25,32H,10,12-13H2,1H3/t20-,21-,24-,25-,38?/m1/s1. The SMILES string of the molecule is CS(=O)(=NC(=O)c1ccc(-c2nc3c(cc2Cl)N=C(O[C@@H]2CO[C@H]4[C@@H]2OC[C@H]4O)C3)cc1)c1cccnc1. The summed E-state index contributed by atoms with van der Waals surface area (Å²) < 4.78 is 34.1. The Bertz CT molecular complexity index is 1560. The number of ether oxygens (including phenoxy) is 3. The summed E-state index contributed by atoms with van der Waals surface area (Å²) in [7, 11) is -2.93. The summed E-state index contributed by atoms with van der Waals surface area (Å²) >= 11 is 6.54. The molecule has 12 heteroatoms. The van der Waals surface area contributed by atoms with Crippen LogP contribution < -0.4 is 0 Å². The third-order valence-electron chi connectivity index (χ3n) is 6.60. The first kappa shape index (κ1) is 25.1. The molecular formula is C26H23ClN4O6S. The number of fused-ring (bicyclic) bond motifs is 2. The van der Waals surface area contributed by atoms with Gasteiger partial charge in [0, 0.05) is 29.8 Å². The van der Waals surface area contributed by atoms with Crippen molar-refractivity contribution in [3.63, 3.8) is 0 Å². The zero-order chi connectivity index (χ0) is 26.4. The number of rotatable bonds is 4. The number of pyridine rings is 2. The molecular weight excluding hydrogens is 532 g/mol. The number of aliphatic hydroxyl groups is 1. The molecule has 10 nitrogen and oxygen atoms in total. The number of aromatic nitrogens is 2. The van der Waals surface area contributed by atoms with Crippen molar-refractivity contribution in [3.8, 4) is 11.3 Å². The van der Waals surface area contributed by atoms with Crippen molar-refractivity contribution in [2.24, 2.45) is 9.36 Å². The average Bonchev–Trinajstić information content (AvgIpc) is 3.60. The molecule has 0 saturated carbocycles. The largest absolute Gasteiger partial charge is 0.472 e. The van der Waals surface area contributed by atoms with E-state index in [9.17, 15) is 14.1 Å². The molecule has 0 aliphatic carbocycles. The average molecular weight is 555 g/mol. The Balaban J connectivity index is 1.17. The van der Waals surface area contributed by atoms with Crippen molar-refractivity contribution in [2.45, 2.75) is 35.7 Å². The predicted molar refractivity (Wildman–Crippen MR) is 139 cm³/mol. The minimum Gasteiger partial charge on any atom is -0.472 e. The van der Waals surface area contributed by atoms with Crippen LogP contribution >= 0.6 is 11.6 Å². The maximum absolute atomic E-state index is 12.9. The van der Waals surface area contributed by atoms with Gasteiger partial charge in [-0.3, -0.25) is 9.78 Å². The molecule has 3 aromatic rings. The fraction of sp³-hybridized carbons (Fsp3) is 0.308. The molecule has 0 radical (unpaired) electrons. The molecule has 3 aliphatic heterocycles. The van der Waals surface area contributed by atoms with E-state index in [1.54, 1.807) is 48.7 Å². The van der Waals surface area contributed by atoms with Crippen LogP contribution in [0.1, 0.15) is 16.1 Å². The minimum absolute atomic E-state index is 0.225. The molecule has 38 heavy (non-hydrogen) atoms. The number of aliphatic imine (C=N–C) groups is 1. The quantitative estimate of drug-likeness (QED) is 0.520. The highest BCUT2D eigenvalue weighted by molar-refractivity contribution is 7.93. The zero-order valence-corrected chi connectivity index (χ0v) is 21.8. The molecule has 1 aromatic carbocycles. The monoisotopic (exact) mass is 554 g/mol. The third kappa shape index (κ3) is 4.72. The molecule has 196 valence electrons. The van der Waals surface area contributed by atoms with Gasteiger partial charge in [-0.1, -0.05) is 23.7 Å². The van der Waals surface area contributed by atoms with Crippen molar-refractivity contribution in [1.82, 2.24) is 9.97 Å². The van der Waals surface area contributed by atoms with E-state index < -0.39 is 21.7 Å². The van der Waals surface area contributed by atoms with Gasteiger partial charge in [0.2, 0.25) is 0 Å². The first-order valence-electron chi connectivity index (χ1n) is 11.9. The smallest absolute Gasteiger partial charge is 0.285 e. The van der Waals surface area contributed by atoms with Crippen molar-refractivity contribution in [2.75, 3.05) is 19.5 Å². The number of carbonyl (C=O) groups is 1. The van der Waals surface area contributed by atoms with E-state index in [0.29, 0.717) is 57.0 Å². The van der Waals surface area contributed by atoms with Crippen LogP contribution in [0.25, 0.3) is 11.3 Å². The minimum atomic E-state index is -2.93. The number of amides is 1. The van der Waals surface area contributed by atoms with Crippen molar-refractivity contribution in [1.29, 1.82) is 0 Å². The van der Waals surface area contributed by atoms with E-state index in [-0.39, 0.29) is 24.9 Å². The molecule has 1 N–H and O–H groups in total. The lowest BCUT2D eigenvalue weighted by Crippen LogP contribution is -2.34. The summed E-state index contributed by atoms with van der Waals surface area (Å²) in [4.78, 5) is 26.3. The van der Waals surface area contributed by atoms with Gasteiger partial charge < -0.3 is 19.3 Å². The van der Waals surface area contributed by atoms with Crippen molar-refractivity contribution in [3.05, 3.63) is 71.1 Å². The van der Waals surface area contributed by atoms with Crippen molar-refractivity contribution >= 4 is 38.8 Å². The van der Waals surface area contributed by atoms with Gasteiger partial charge in [0.15, 0.2) is 12.0 Å². The Labute approximate surface area is 223 Å². The Morgan fingerprint density at radius 2 is 1.97 bits per heavy atom. The van der Waals surface area contributed by atoms with Crippen LogP contribution in [0.3, 0.4) is 0 Å². The van der Waals surface area contributed by atoms with E-state index >= 15 is 0 Å². The number of hydrogen-bond acceptors (Lipinski definition) is 9. The van der Waals surface area contributed by atoms with Crippen LogP contribution in [0.5, 0.6) is 0 Å². The van der Waals surface area contributed by atoms with Crippen LogP contribution in [-0.2, 0) is 30.4 Å². The van der Waals surface area contributed by atoms with Gasteiger partial charge in [-0.15, -0.1) is 0 Å². The highest BCUT2D eigenvalue weighted by Gasteiger charge is 2.49. The number of nitrogens with zero attached hydrogens (tertiary/aromatic N) is 4. The lowest BCUT2D eigenvalue weighted by molar-refractivity contribution is 0.00558. The number of benzene rings is 1. The van der Waals surface area contributed by atoms with Gasteiger partial charge in [-0.05, 0) is 30.3 Å². The van der Waals surface area contributed by atoms with Crippen molar-refractivity contribution < 1.29 is 28.3 Å². The summed E-state index contributed by atoms with van der Waals surface area (Å²) in [6.45, 7) is 0.538. The second-order valence-electron chi connectivity index (χ2n) is 9.25. The lowest BCUT2D eigenvalue weighted by Gasteiger charge is -2.17. The molecule has 2 saturated heterocycles. The predicted octanol–water partition coefficient (Wildman–Crippen LogP) is 3.22. The van der Waals surface area contributed by atoms with Crippen LogP contribution in [0.2, 0.25) is 5.02 Å². The normalized spacial score (nSPS) is 25.3. The summed E-state index contributed by atoms with van der Waals surface area (Å²) in [6, 6.07) is 11.6. The fourth-order valence-corrected chi connectivity index (χ4v) is 6.03.